The van der Waals surface area contributed by atoms with Crippen LogP contribution in [0.25, 0.3) is 10.9 Å². The lowest BCUT2D eigenvalue weighted by Gasteiger charge is -2.37. The molecule has 2 N–H and O–H groups in total. The molecule has 1 aliphatic rings. The highest BCUT2D eigenvalue weighted by Gasteiger charge is 2.40. The predicted molar refractivity (Wildman–Crippen MR) is 158 cm³/mol. The number of methoxy groups -OCH3 is 2. The smallest absolute Gasteiger partial charge is 0.492 e. The van der Waals surface area contributed by atoms with Gasteiger partial charge in [0.15, 0.2) is 18.5 Å². The number of carbonyl (C=O) groups is 1. The second-order valence-electron chi connectivity index (χ2n) is 9.57. The van der Waals surface area contributed by atoms with Gasteiger partial charge in [-0.2, -0.15) is 20.5 Å². The van der Waals surface area contributed by atoms with Crippen LogP contribution in [0.2, 0.25) is 0 Å². The van der Waals surface area contributed by atoms with Crippen LogP contribution in [0.5, 0.6) is 5.75 Å². The standard InChI is InChI=1S/C30H37N6O6/c1-7-9-11-27(34(3)38)42-30(17-18-31)15-13-23(14-16-30)35-21-22-19-25(26(39-4)20-24(22)33-35)32-29(37)36(41-6)28(40-5)12-10-8-2/h7-12,19-21,23H,1-2,13-17H2,3-6H3,(H-,32,37,38)/q+1/p+1/b11-9-,12-10-,34-27-,36-28-. The number of rotatable bonds is 10. The summed E-state index contributed by atoms with van der Waals surface area (Å²) in [5.74, 6) is 0.823. The van der Waals surface area contributed by atoms with Gasteiger partial charge in [-0.1, -0.05) is 37.5 Å². The van der Waals surface area contributed by atoms with E-state index in [-0.39, 0.29) is 24.3 Å². The van der Waals surface area contributed by atoms with Crippen LogP contribution in [0.4, 0.5) is 10.5 Å². The molecule has 1 aromatic heterocycles. The van der Waals surface area contributed by atoms with E-state index in [9.17, 15) is 15.3 Å². The normalized spacial score (nSPS) is 19.9. The molecule has 222 valence electrons. The number of hydrogen-bond donors (Lipinski definition) is 2. The Labute approximate surface area is 245 Å². The number of hydroxylamine groups is 2. The Morgan fingerprint density at radius 3 is 2.43 bits per heavy atom. The highest BCUT2D eigenvalue weighted by atomic mass is 16.7. The highest BCUT2D eigenvalue weighted by molar-refractivity contribution is 5.95. The molecule has 0 saturated heterocycles. The molecule has 0 aliphatic heterocycles. The average Bonchev–Trinajstić information content (AvgIpc) is 3.40. The van der Waals surface area contributed by atoms with E-state index in [2.05, 4.69) is 24.5 Å². The molecule has 1 saturated carbocycles. The summed E-state index contributed by atoms with van der Waals surface area (Å²) < 4.78 is 20.8. The minimum Gasteiger partial charge on any atom is -0.492 e. The predicted octanol–water partition coefficient (Wildman–Crippen LogP) is 4.89. The number of aromatic nitrogens is 2. The lowest BCUT2D eigenvalue weighted by Crippen LogP contribution is -2.40. The van der Waals surface area contributed by atoms with E-state index in [1.54, 1.807) is 48.6 Å². The van der Waals surface area contributed by atoms with Crippen LogP contribution >= 0.6 is 0 Å². The number of carbonyl (C=O) groups excluding carboxylic acids is 1. The van der Waals surface area contributed by atoms with Crippen LogP contribution in [0.3, 0.4) is 0 Å². The van der Waals surface area contributed by atoms with Crippen molar-refractivity contribution >= 4 is 34.4 Å². The number of nitrogens with one attached hydrogen (secondary N) is 1. The molecular formula is C30H38N6O6+2. The number of nitriles is 1. The average molecular weight is 579 g/mol. The number of allylic oxidation sites excluding steroid dienone is 4. The number of fused-ring (bicyclic) bond motifs is 1. The maximum absolute atomic E-state index is 13.0. The van der Waals surface area contributed by atoms with Crippen molar-refractivity contribution in [3.05, 3.63) is 67.9 Å². The van der Waals surface area contributed by atoms with Crippen molar-refractivity contribution in [2.45, 2.75) is 43.7 Å². The lowest BCUT2D eigenvalue weighted by molar-refractivity contribution is -0.759. The number of ether oxygens (including phenoxy) is 3. The number of anilines is 1. The molecule has 12 nitrogen and oxygen atoms in total. The fourth-order valence-electron chi connectivity index (χ4n) is 4.77. The van der Waals surface area contributed by atoms with E-state index < -0.39 is 11.6 Å². The van der Waals surface area contributed by atoms with Crippen LogP contribution in [0.1, 0.15) is 38.1 Å². The van der Waals surface area contributed by atoms with Crippen LogP contribution in [0, 0.1) is 11.3 Å². The van der Waals surface area contributed by atoms with Gasteiger partial charge in [0, 0.05) is 33.2 Å². The molecule has 0 spiro atoms. The number of amides is 2. The van der Waals surface area contributed by atoms with Gasteiger partial charge >= 0.3 is 17.8 Å². The molecule has 3 rings (SSSR count). The van der Waals surface area contributed by atoms with Crippen LogP contribution in [0.15, 0.2) is 67.9 Å². The first kappa shape index (κ1) is 31.5. The van der Waals surface area contributed by atoms with Crippen LogP contribution in [-0.2, 0) is 14.3 Å². The Morgan fingerprint density at radius 1 is 1.21 bits per heavy atom. The Hall–Kier alpha value is -5.05. The molecule has 0 radical (unpaired) electrons. The van der Waals surface area contributed by atoms with Gasteiger partial charge in [0.05, 0.1) is 44.3 Å². The first-order valence-corrected chi connectivity index (χ1v) is 13.3. The van der Waals surface area contributed by atoms with Gasteiger partial charge in [-0.05, 0) is 31.7 Å². The summed E-state index contributed by atoms with van der Waals surface area (Å²) in [6.07, 6.45) is 14.3. The molecule has 1 aromatic carbocycles. The third kappa shape index (κ3) is 7.37. The fourth-order valence-corrected chi connectivity index (χ4v) is 4.77. The first-order chi connectivity index (χ1) is 20.2. The van der Waals surface area contributed by atoms with Crippen molar-refractivity contribution in [3.8, 4) is 11.8 Å². The SMILES string of the molecule is C=C/C=C\C(OC1(CC#N)CCC(n2cc3cc(NC(=O)/[N+](OC)=C(\C=C/C=C)OC)c(OC)cc3n2)CC1)=[N+](/C)O. The highest BCUT2D eigenvalue weighted by Crippen LogP contribution is 2.40. The van der Waals surface area contributed by atoms with E-state index in [0.717, 1.165) is 14.9 Å². The monoisotopic (exact) mass is 578 g/mol. The molecule has 42 heavy (non-hydrogen) atoms. The zero-order valence-corrected chi connectivity index (χ0v) is 24.4. The quantitative estimate of drug-likeness (QED) is 0.102. The summed E-state index contributed by atoms with van der Waals surface area (Å²) >= 11 is 0. The minimum absolute atomic E-state index is 0.0652. The molecule has 2 aromatic rings. The van der Waals surface area contributed by atoms with Crippen molar-refractivity contribution in [2.75, 3.05) is 33.7 Å². The Morgan fingerprint density at radius 2 is 1.88 bits per heavy atom. The Balaban J connectivity index is 1.85. The van der Waals surface area contributed by atoms with Crippen molar-refractivity contribution in [1.82, 2.24) is 9.78 Å². The molecule has 0 unspecified atom stereocenters. The van der Waals surface area contributed by atoms with Gasteiger partial charge in [-0.15, -0.1) is 0 Å². The zero-order chi connectivity index (χ0) is 30.7. The van der Waals surface area contributed by atoms with Crippen molar-refractivity contribution in [1.29, 1.82) is 5.26 Å². The Bertz CT molecular complexity index is 1470. The van der Waals surface area contributed by atoms with Crippen molar-refractivity contribution < 1.29 is 38.5 Å². The van der Waals surface area contributed by atoms with Gasteiger partial charge in [-0.25, -0.2) is 0 Å². The van der Waals surface area contributed by atoms with Crippen molar-refractivity contribution in [3.63, 3.8) is 0 Å². The number of benzene rings is 1. The molecule has 0 atom stereocenters. The summed E-state index contributed by atoms with van der Waals surface area (Å²) in [4.78, 5) is 18.3. The maximum atomic E-state index is 13.0. The van der Waals surface area contributed by atoms with Gasteiger partial charge in [0.2, 0.25) is 0 Å². The van der Waals surface area contributed by atoms with Crippen molar-refractivity contribution in [2.24, 2.45) is 0 Å². The summed E-state index contributed by atoms with van der Waals surface area (Å²) in [6, 6.07) is 5.25. The van der Waals surface area contributed by atoms with E-state index >= 15 is 0 Å². The third-order valence-corrected chi connectivity index (χ3v) is 6.89. The third-order valence-electron chi connectivity index (χ3n) is 6.89. The topological polar surface area (TPSA) is 134 Å². The van der Waals surface area contributed by atoms with E-state index in [1.165, 1.54) is 28.4 Å². The largest absolute Gasteiger partial charge is 0.539 e. The van der Waals surface area contributed by atoms with Gasteiger partial charge < -0.3 is 19.0 Å². The van der Waals surface area contributed by atoms with E-state index in [4.69, 9.17) is 24.1 Å². The number of urea groups is 1. The van der Waals surface area contributed by atoms with Crippen LogP contribution < -0.4 is 10.1 Å². The zero-order valence-electron chi connectivity index (χ0n) is 24.4. The molecule has 0 bridgehead atoms. The second-order valence-corrected chi connectivity index (χ2v) is 9.57. The fraction of sp³-hybridized carbons (Fsp3) is 0.367. The van der Waals surface area contributed by atoms with Gasteiger partial charge in [-0.3, -0.25) is 9.89 Å². The molecular weight excluding hydrogens is 540 g/mol. The lowest BCUT2D eigenvalue weighted by atomic mass is 9.80. The molecule has 1 aliphatic carbocycles. The summed E-state index contributed by atoms with van der Waals surface area (Å²) in [7, 11) is 5.75. The van der Waals surface area contributed by atoms with Crippen LogP contribution in [-0.4, -0.2) is 76.3 Å². The number of nitrogens with zero attached hydrogens (tertiary/aromatic N) is 5. The first-order valence-electron chi connectivity index (χ1n) is 13.3. The summed E-state index contributed by atoms with van der Waals surface area (Å²) in [5.41, 5.74) is 0.389. The maximum Gasteiger partial charge on any atom is 0.539 e. The Kier molecular flexibility index (Phi) is 10.9. The summed E-state index contributed by atoms with van der Waals surface area (Å²) in [5, 5.41) is 27.9. The van der Waals surface area contributed by atoms with Gasteiger partial charge in [0.1, 0.15) is 12.7 Å². The molecule has 12 heteroatoms. The molecule has 1 heterocycles. The summed E-state index contributed by atoms with van der Waals surface area (Å²) in [6.45, 7) is 7.27. The minimum atomic E-state index is -0.734. The number of hydrogen-bond acceptors (Lipinski definition) is 8. The molecule has 2 amide bonds. The second kappa shape index (κ2) is 14.5. The van der Waals surface area contributed by atoms with E-state index in [0.29, 0.717) is 42.6 Å². The van der Waals surface area contributed by atoms with E-state index in [1.807, 2.05) is 10.9 Å². The molecule has 1 fully saturated rings. The van der Waals surface area contributed by atoms with Gasteiger partial charge in [0.25, 0.3) is 0 Å².